The van der Waals surface area contributed by atoms with Gasteiger partial charge in [-0.05, 0) is 6.07 Å². The lowest BCUT2D eigenvalue weighted by Gasteiger charge is -2.01. The monoisotopic (exact) mass is 218 g/mol. The van der Waals surface area contributed by atoms with E-state index >= 15 is 0 Å². The van der Waals surface area contributed by atoms with Gasteiger partial charge >= 0.3 is 5.69 Å². The molecule has 1 aromatic heterocycles. The Hall–Kier alpha value is -2.55. The molecule has 0 aliphatic carbocycles. The minimum atomic E-state index is -0.544. The molecule has 0 spiro atoms. The molecule has 80 valence electrons. The lowest BCUT2D eigenvalue weighted by atomic mass is 10.2. The third-order valence-electron chi connectivity index (χ3n) is 2.14. The van der Waals surface area contributed by atoms with E-state index in [0.717, 1.165) is 0 Å². The van der Waals surface area contributed by atoms with Gasteiger partial charge in [0.05, 0.1) is 17.4 Å². The fourth-order valence-electron chi connectivity index (χ4n) is 1.49. The number of nitriles is 1. The van der Waals surface area contributed by atoms with Crippen LogP contribution in [0.3, 0.4) is 0 Å². The molecular formula is C10H6N2O4. The van der Waals surface area contributed by atoms with Crippen LogP contribution in [0.2, 0.25) is 0 Å². The molecule has 6 nitrogen and oxygen atoms in total. The molecule has 0 unspecified atom stereocenters. The Balaban J connectivity index is 2.80. The third kappa shape index (κ3) is 1.35. The number of ether oxygens (including phenoxy) is 1. The predicted octanol–water partition coefficient (Wildman–Crippen LogP) is 2.22. The van der Waals surface area contributed by atoms with Gasteiger partial charge in [0.2, 0.25) is 11.5 Å². The van der Waals surface area contributed by atoms with Gasteiger partial charge in [-0.15, -0.1) is 0 Å². The van der Waals surface area contributed by atoms with E-state index in [1.807, 2.05) is 6.07 Å². The summed E-state index contributed by atoms with van der Waals surface area (Å²) < 4.78 is 10.1. The van der Waals surface area contributed by atoms with Gasteiger partial charge in [-0.1, -0.05) is 0 Å². The van der Waals surface area contributed by atoms with E-state index in [4.69, 9.17) is 14.4 Å². The zero-order valence-electron chi connectivity index (χ0n) is 8.26. The van der Waals surface area contributed by atoms with Crippen molar-refractivity contribution in [2.24, 2.45) is 0 Å². The fraction of sp³-hybridized carbons (Fsp3) is 0.100. The van der Waals surface area contributed by atoms with E-state index in [1.54, 1.807) is 0 Å². The minimum absolute atomic E-state index is 0.0915. The molecule has 0 radical (unpaired) electrons. The average Bonchev–Trinajstić information content (AvgIpc) is 2.69. The molecule has 0 fully saturated rings. The van der Waals surface area contributed by atoms with Crippen molar-refractivity contribution < 1.29 is 14.1 Å². The van der Waals surface area contributed by atoms with Gasteiger partial charge < -0.3 is 9.15 Å². The highest BCUT2D eigenvalue weighted by Gasteiger charge is 2.20. The lowest BCUT2D eigenvalue weighted by Crippen LogP contribution is -1.93. The third-order valence-corrected chi connectivity index (χ3v) is 2.14. The van der Waals surface area contributed by atoms with Gasteiger partial charge in [-0.25, -0.2) is 0 Å². The van der Waals surface area contributed by atoms with Crippen LogP contribution in [0.4, 0.5) is 5.69 Å². The molecule has 2 rings (SSSR count). The molecule has 0 saturated carbocycles. The fourth-order valence-corrected chi connectivity index (χ4v) is 1.49. The molecule has 2 aromatic rings. The summed E-state index contributed by atoms with van der Waals surface area (Å²) in [6, 6.07) is 5.97. The number of nitrogens with zero attached hydrogens (tertiary/aromatic N) is 2. The number of benzene rings is 1. The summed E-state index contributed by atoms with van der Waals surface area (Å²) in [6.45, 7) is 0. The summed E-state index contributed by atoms with van der Waals surface area (Å²) in [4.78, 5) is 10.2. The van der Waals surface area contributed by atoms with Crippen molar-refractivity contribution in [3.05, 3.63) is 34.1 Å². The SMILES string of the molecule is COc1c([N+](=O)[O-])ccc2oc(C#N)cc12. The molecule has 1 heterocycles. The van der Waals surface area contributed by atoms with Crippen molar-refractivity contribution in [2.75, 3.05) is 7.11 Å². The molecule has 0 bridgehead atoms. The van der Waals surface area contributed by atoms with Crippen molar-refractivity contribution in [2.45, 2.75) is 0 Å². The van der Waals surface area contributed by atoms with Crippen LogP contribution < -0.4 is 4.74 Å². The number of hydrogen-bond donors (Lipinski definition) is 0. The molecular weight excluding hydrogens is 212 g/mol. The standard InChI is InChI=1S/C10H6N2O4/c1-15-10-7-4-6(5-11)16-9(7)3-2-8(10)12(13)14/h2-4H,1H3. The van der Waals surface area contributed by atoms with Crippen LogP contribution >= 0.6 is 0 Å². The first-order chi connectivity index (χ1) is 7.67. The highest BCUT2D eigenvalue weighted by molar-refractivity contribution is 5.89. The molecule has 0 saturated heterocycles. The van der Waals surface area contributed by atoms with Gasteiger partial charge in [0.15, 0.2) is 0 Å². The Morgan fingerprint density at radius 1 is 1.56 bits per heavy atom. The molecule has 0 amide bonds. The van der Waals surface area contributed by atoms with Crippen molar-refractivity contribution in [3.63, 3.8) is 0 Å². The van der Waals surface area contributed by atoms with Crippen molar-refractivity contribution in [1.29, 1.82) is 5.26 Å². The van der Waals surface area contributed by atoms with Crippen LogP contribution in [-0.2, 0) is 0 Å². The van der Waals surface area contributed by atoms with E-state index in [-0.39, 0.29) is 17.2 Å². The molecule has 16 heavy (non-hydrogen) atoms. The average molecular weight is 218 g/mol. The molecule has 0 aliphatic rings. The van der Waals surface area contributed by atoms with Crippen molar-refractivity contribution in [1.82, 2.24) is 0 Å². The topological polar surface area (TPSA) is 89.3 Å². The highest BCUT2D eigenvalue weighted by atomic mass is 16.6. The Kier molecular flexibility index (Phi) is 2.21. The second-order valence-electron chi connectivity index (χ2n) is 3.01. The number of methoxy groups -OCH3 is 1. The van der Waals surface area contributed by atoms with E-state index in [1.165, 1.54) is 25.3 Å². The zero-order chi connectivity index (χ0) is 11.7. The summed E-state index contributed by atoms with van der Waals surface area (Å²) in [5.41, 5.74) is 0.235. The number of nitro benzene ring substituents is 1. The minimum Gasteiger partial charge on any atom is -0.490 e. The first kappa shape index (κ1) is 9.98. The second-order valence-corrected chi connectivity index (χ2v) is 3.01. The number of fused-ring (bicyclic) bond motifs is 1. The summed E-state index contributed by atoms with van der Waals surface area (Å²) in [6.07, 6.45) is 0. The van der Waals surface area contributed by atoms with Crippen molar-refractivity contribution >= 4 is 16.7 Å². The van der Waals surface area contributed by atoms with Gasteiger partial charge in [-0.2, -0.15) is 5.26 Å². The number of nitro groups is 1. The van der Waals surface area contributed by atoms with Crippen LogP contribution in [0.25, 0.3) is 11.0 Å². The molecule has 0 atom stereocenters. The first-order valence-electron chi connectivity index (χ1n) is 4.32. The maximum atomic E-state index is 10.7. The number of hydrogen-bond acceptors (Lipinski definition) is 5. The Bertz CT molecular complexity index is 609. The molecule has 1 aromatic carbocycles. The van der Waals surface area contributed by atoms with Crippen LogP contribution in [0.1, 0.15) is 5.76 Å². The van der Waals surface area contributed by atoms with Crippen LogP contribution in [0, 0.1) is 21.4 Å². The van der Waals surface area contributed by atoms with Gasteiger partial charge in [0, 0.05) is 12.1 Å². The summed E-state index contributed by atoms with van der Waals surface area (Å²) >= 11 is 0. The second kappa shape index (κ2) is 3.55. The van der Waals surface area contributed by atoms with Crippen LogP contribution in [0.5, 0.6) is 5.75 Å². The predicted molar refractivity (Wildman–Crippen MR) is 54.1 cm³/mol. The van der Waals surface area contributed by atoms with Crippen LogP contribution in [0.15, 0.2) is 22.6 Å². The maximum absolute atomic E-state index is 10.7. The summed E-state index contributed by atoms with van der Waals surface area (Å²) in [7, 11) is 1.33. The molecule has 6 heteroatoms. The number of rotatable bonds is 2. The largest absolute Gasteiger partial charge is 0.490 e. The highest BCUT2D eigenvalue weighted by Crippen LogP contribution is 2.36. The summed E-state index contributed by atoms with van der Waals surface area (Å²) in [5.74, 6) is 0.196. The van der Waals surface area contributed by atoms with Crippen molar-refractivity contribution in [3.8, 4) is 11.8 Å². The quantitative estimate of drug-likeness (QED) is 0.569. The van der Waals surface area contributed by atoms with Crippen LogP contribution in [-0.4, -0.2) is 12.0 Å². The smallest absolute Gasteiger partial charge is 0.311 e. The maximum Gasteiger partial charge on any atom is 0.311 e. The summed E-state index contributed by atoms with van der Waals surface area (Å²) in [5, 5.41) is 19.8. The normalized spacial score (nSPS) is 10.0. The Morgan fingerprint density at radius 2 is 2.31 bits per heavy atom. The van der Waals surface area contributed by atoms with E-state index in [2.05, 4.69) is 0 Å². The first-order valence-corrected chi connectivity index (χ1v) is 4.32. The molecule has 0 aliphatic heterocycles. The van der Waals surface area contributed by atoms with Gasteiger partial charge in [0.1, 0.15) is 11.7 Å². The molecule has 0 N–H and O–H groups in total. The van der Waals surface area contributed by atoms with E-state index in [9.17, 15) is 10.1 Å². The number of furan rings is 1. The Morgan fingerprint density at radius 3 is 2.88 bits per heavy atom. The lowest BCUT2D eigenvalue weighted by molar-refractivity contribution is -0.385. The van der Waals surface area contributed by atoms with Gasteiger partial charge in [-0.3, -0.25) is 10.1 Å². The Labute approximate surface area is 89.8 Å². The van der Waals surface area contributed by atoms with E-state index in [0.29, 0.717) is 11.0 Å². The zero-order valence-corrected chi connectivity index (χ0v) is 8.26. The van der Waals surface area contributed by atoms with E-state index < -0.39 is 4.92 Å². The van der Waals surface area contributed by atoms with Gasteiger partial charge in [0.25, 0.3) is 0 Å².